The van der Waals surface area contributed by atoms with Crippen molar-refractivity contribution in [3.05, 3.63) is 30.1 Å². The van der Waals surface area contributed by atoms with Gasteiger partial charge in [0.15, 0.2) is 0 Å². The van der Waals surface area contributed by atoms with E-state index < -0.39 is 0 Å². The molecule has 3 atom stereocenters. The van der Waals surface area contributed by atoms with Gasteiger partial charge in [0.25, 0.3) is 0 Å². The summed E-state index contributed by atoms with van der Waals surface area (Å²) in [6.07, 6.45) is 8.22. The van der Waals surface area contributed by atoms with E-state index >= 15 is 0 Å². The van der Waals surface area contributed by atoms with Crippen molar-refractivity contribution in [1.82, 2.24) is 10.3 Å². The number of rotatable bonds is 3. The average Bonchev–Trinajstić information content (AvgIpc) is 2.40. The standard InChI is InChI=1S/C14H19N3/c1-11(12-6-8-16-9-7-12)17-14-5-3-2-4-13(14)10-15/h6-9,11,13-14,17H,2-5H2,1H3. The summed E-state index contributed by atoms with van der Waals surface area (Å²) in [5.41, 5.74) is 1.24. The van der Waals surface area contributed by atoms with Crippen LogP contribution in [0.25, 0.3) is 0 Å². The van der Waals surface area contributed by atoms with Gasteiger partial charge in [0.2, 0.25) is 0 Å². The number of hydrogen-bond donors (Lipinski definition) is 1. The van der Waals surface area contributed by atoms with Crippen LogP contribution in [0.3, 0.4) is 0 Å². The SMILES string of the molecule is CC(NC1CCCCC1C#N)c1ccncc1. The van der Waals surface area contributed by atoms with E-state index in [1.165, 1.54) is 18.4 Å². The van der Waals surface area contributed by atoms with Crippen molar-refractivity contribution in [2.45, 2.75) is 44.7 Å². The molecule has 2 rings (SSSR count). The fraction of sp³-hybridized carbons (Fsp3) is 0.571. The molecule has 0 bridgehead atoms. The lowest BCUT2D eigenvalue weighted by molar-refractivity contribution is 0.292. The number of hydrogen-bond acceptors (Lipinski definition) is 3. The van der Waals surface area contributed by atoms with Crippen molar-refractivity contribution in [1.29, 1.82) is 5.26 Å². The third kappa shape index (κ3) is 3.04. The van der Waals surface area contributed by atoms with Gasteiger partial charge in [0, 0.05) is 24.5 Å². The zero-order chi connectivity index (χ0) is 12.1. The molecule has 3 nitrogen and oxygen atoms in total. The highest BCUT2D eigenvalue weighted by atomic mass is 15.0. The molecule has 1 aliphatic carbocycles. The van der Waals surface area contributed by atoms with E-state index in [2.05, 4.69) is 23.3 Å². The normalized spacial score (nSPS) is 26.1. The summed E-state index contributed by atoms with van der Waals surface area (Å²) in [5.74, 6) is 0.174. The number of pyridine rings is 1. The van der Waals surface area contributed by atoms with Crippen LogP contribution in [0.15, 0.2) is 24.5 Å². The molecule has 3 unspecified atom stereocenters. The lowest BCUT2D eigenvalue weighted by atomic mass is 9.85. The molecule has 0 amide bonds. The Morgan fingerprint density at radius 2 is 2.06 bits per heavy atom. The highest BCUT2D eigenvalue weighted by Gasteiger charge is 2.25. The Morgan fingerprint density at radius 1 is 1.35 bits per heavy atom. The van der Waals surface area contributed by atoms with Gasteiger partial charge >= 0.3 is 0 Å². The summed E-state index contributed by atoms with van der Waals surface area (Å²) in [7, 11) is 0. The highest BCUT2D eigenvalue weighted by molar-refractivity contribution is 5.14. The Bertz CT molecular complexity index is 382. The molecule has 17 heavy (non-hydrogen) atoms. The quantitative estimate of drug-likeness (QED) is 0.867. The molecule has 0 spiro atoms. The van der Waals surface area contributed by atoms with Gasteiger partial charge in [-0.15, -0.1) is 0 Å². The fourth-order valence-corrected chi connectivity index (χ4v) is 2.55. The van der Waals surface area contributed by atoms with Crippen LogP contribution in [0.2, 0.25) is 0 Å². The summed E-state index contributed by atoms with van der Waals surface area (Å²) >= 11 is 0. The fourth-order valence-electron chi connectivity index (χ4n) is 2.55. The Hall–Kier alpha value is -1.40. The molecule has 1 aromatic heterocycles. The maximum absolute atomic E-state index is 9.14. The van der Waals surface area contributed by atoms with Gasteiger partial charge in [0.05, 0.1) is 12.0 Å². The molecule has 1 aromatic rings. The second-order valence-electron chi connectivity index (χ2n) is 4.80. The van der Waals surface area contributed by atoms with Gasteiger partial charge in [-0.1, -0.05) is 12.8 Å². The van der Waals surface area contributed by atoms with Crippen LogP contribution >= 0.6 is 0 Å². The summed E-state index contributed by atoms with van der Waals surface area (Å²) in [4.78, 5) is 4.03. The molecule has 1 aliphatic rings. The molecule has 1 N–H and O–H groups in total. The van der Waals surface area contributed by atoms with E-state index in [0.29, 0.717) is 6.04 Å². The van der Waals surface area contributed by atoms with Crippen molar-refractivity contribution in [2.75, 3.05) is 0 Å². The molecule has 0 saturated heterocycles. The van der Waals surface area contributed by atoms with Crippen LogP contribution in [-0.2, 0) is 0 Å². The second kappa shape index (κ2) is 5.79. The van der Waals surface area contributed by atoms with Crippen molar-refractivity contribution in [2.24, 2.45) is 5.92 Å². The van der Waals surface area contributed by atoms with E-state index in [0.717, 1.165) is 12.8 Å². The van der Waals surface area contributed by atoms with E-state index in [9.17, 15) is 0 Å². The Balaban J connectivity index is 1.98. The first kappa shape index (κ1) is 12.1. The highest BCUT2D eigenvalue weighted by Crippen LogP contribution is 2.26. The third-order valence-electron chi connectivity index (χ3n) is 3.60. The van der Waals surface area contributed by atoms with E-state index in [-0.39, 0.29) is 12.0 Å². The Labute approximate surface area is 103 Å². The Kier molecular flexibility index (Phi) is 4.11. The van der Waals surface area contributed by atoms with Gasteiger partial charge in [-0.3, -0.25) is 4.98 Å². The molecular formula is C14H19N3. The summed E-state index contributed by atoms with van der Waals surface area (Å²) in [5, 5.41) is 12.7. The zero-order valence-electron chi connectivity index (χ0n) is 10.3. The van der Waals surface area contributed by atoms with Gasteiger partial charge in [0.1, 0.15) is 0 Å². The van der Waals surface area contributed by atoms with Crippen LogP contribution in [0, 0.1) is 17.2 Å². The first-order valence-corrected chi connectivity index (χ1v) is 6.37. The van der Waals surface area contributed by atoms with Crippen molar-refractivity contribution >= 4 is 0 Å². The van der Waals surface area contributed by atoms with Crippen LogP contribution in [0.4, 0.5) is 0 Å². The topological polar surface area (TPSA) is 48.7 Å². The lowest BCUT2D eigenvalue weighted by Gasteiger charge is -2.30. The summed E-state index contributed by atoms with van der Waals surface area (Å²) < 4.78 is 0. The predicted octanol–water partition coefficient (Wildman–Crippen LogP) is 2.81. The Morgan fingerprint density at radius 3 is 2.76 bits per heavy atom. The molecule has 0 aliphatic heterocycles. The smallest absolute Gasteiger partial charge is 0.0672 e. The predicted molar refractivity (Wildman–Crippen MR) is 67.1 cm³/mol. The number of nitrogens with one attached hydrogen (secondary N) is 1. The van der Waals surface area contributed by atoms with Crippen molar-refractivity contribution in [3.8, 4) is 6.07 Å². The lowest BCUT2D eigenvalue weighted by Crippen LogP contribution is -2.39. The molecule has 1 fully saturated rings. The van der Waals surface area contributed by atoms with Gasteiger partial charge in [-0.25, -0.2) is 0 Å². The van der Waals surface area contributed by atoms with Gasteiger partial charge < -0.3 is 5.32 Å². The van der Waals surface area contributed by atoms with Crippen LogP contribution in [-0.4, -0.2) is 11.0 Å². The van der Waals surface area contributed by atoms with Gasteiger partial charge in [-0.05, 0) is 37.5 Å². The van der Waals surface area contributed by atoms with Crippen LogP contribution in [0.1, 0.15) is 44.2 Å². The molecule has 3 heteroatoms. The van der Waals surface area contributed by atoms with Crippen LogP contribution in [0.5, 0.6) is 0 Å². The number of nitrogens with zero attached hydrogens (tertiary/aromatic N) is 2. The van der Waals surface area contributed by atoms with E-state index in [4.69, 9.17) is 5.26 Å². The van der Waals surface area contributed by atoms with E-state index in [1.807, 2.05) is 24.5 Å². The first-order valence-electron chi connectivity index (χ1n) is 6.37. The molecule has 0 aromatic carbocycles. The summed E-state index contributed by atoms with van der Waals surface area (Å²) in [6, 6.07) is 7.13. The minimum absolute atomic E-state index is 0.174. The third-order valence-corrected chi connectivity index (χ3v) is 3.60. The second-order valence-corrected chi connectivity index (χ2v) is 4.80. The molecule has 1 saturated carbocycles. The zero-order valence-corrected chi connectivity index (χ0v) is 10.3. The molecule has 0 radical (unpaired) electrons. The van der Waals surface area contributed by atoms with Crippen LogP contribution < -0.4 is 5.32 Å². The number of nitriles is 1. The van der Waals surface area contributed by atoms with E-state index in [1.54, 1.807) is 0 Å². The first-order chi connectivity index (χ1) is 8.31. The largest absolute Gasteiger partial charge is 0.306 e. The number of aromatic nitrogens is 1. The molecule has 90 valence electrons. The molecular weight excluding hydrogens is 210 g/mol. The molecule has 1 heterocycles. The maximum atomic E-state index is 9.14. The van der Waals surface area contributed by atoms with Gasteiger partial charge in [-0.2, -0.15) is 5.26 Å². The monoisotopic (exact) mass is 229 g/mol. The maximum Gasteiger partial charge on any atom is 0.0672 e. The minimum atomic E-state index is 0.174. The minimum Gasteiger partial charge on any atom is -0.306 e. The van der Waals surface area contributed by atoms with Crippen molar-refractivity contribution in [3.63, 3.8) is 0 Å². The van der Waals surface area contributed by atoms with Crippen molar-refractivity contribution < 1.29 is 0 Å². The average molecular weight is 229 g/mol. The summed E-state index contributed by atoms with van der Waals surface area (Å²) in [6.45, 7) is 2.15.